The van der Waals surface area contributed by atoms with Gasteiger partial charge in [0.15, 0.2) is 0 Å². The molecule has 1 aliphatic heterocycles. The second kappa shape index (κ2) is 4.37. The summed E-state index contributed by atoms with van der Waals surface area (Å²) in [6, 6.07) is 5.32. The Kier molecular flexibility index (Phi) is 2.81. The number of carbonyl (C=O) groups is 2. The van der Waals surface area contributed by atoms with Gasteiger partial charge < -0.3 is 5.73 Å². The first kappa shape index (κ1) is 12.2. The Bertz CT molecular complexity index is 529. The molecular formula is C15H18N2O2. The summed E-state index contributed by atoms with van der Waals surface area (Å²) < 4.78 is 0. The molecule has 2 unspecified atom stereocenters. The van der Waals surface area contributed by atoms with Crippen molar-refractivity contribution < 1.29 is 9.59 Å². The second-order valence-electron chi connectivity index (χ2n) is 5.56. The summed E-state index contributed by atoms with van der Waals surface area (Å²) in [6.07, 6.45) is 3.79. The molecule has 1 saturated carbocycles. The van der Waals surface area contributed by atoms with Crippen LogP contribution in [0.3, 0.4) is 0 Å². The number of benzene rings is 1. The topological polar surface area (TPSA) is 63.4 Å². The number of carbonyl (C=O) groups excluding carboxylic acids is 2. The van der Waals surface area contributed by atoms with Gasteiger partial charge in [-0.05, 0) is 43.5 Å². The minimum absolute atomic E-state index is 0.0254. The van der Waals surface area contributed by atoms with Crippen molar-refractivity contribution in [3.8, 4) is 0 Å². The smallest absolute Gasteiger partial charge is 0.237 e. The van der Waals surface area contributed by atoms with Gasteiger partial charge in [-0.25, -0.2) is 4.90 Å². The van der Waals surface area contributed by atoms with Crippen molar-refractivity contribution in [3.05, 3.63) is 23.8 Å². The predicted octanol–water partition coefficient (Wildman–Crippen LogP) is 2.26. The van der Waals surface area contributed by atoms with Crippen molar-refractivity contribution in [3.63, 3.8) is 0 Å². The average Bonchev–Trinajstić information content (AvgIpc) is 2.64. The van der Waals surface area contributed by atoms with Crippen molar-refractivity contribution in [2.24, 2.45) is 11.8 Å². The van der Waals surface area contributed by atoms with Crippen LogP contribution in [0.4, 0.5) is 11.4 Å². The van der Waals surface area contributed by atoms with Gasteiger partial charge in [-0.2, -0.15) is 0 Å². The van der Waals surface area contributed by atoms with E-state index in [9.17, 15) is 9.59 Å². The third kappa shape index (κ3) is 1.82. The van der Waals surface area contributed by atoms with E-state index in [1.807, 2.05) is 6.92 Å². The Hall–Kier alpha value is -1.84. The van der Waals surface area contributed by atoms with E-state index in [0.29, 0.717) is 11.4 Å². The van der Waals surface area contributed by atoms with Crippen LogP contribution in [0.5, 0.6) is 0 Å². The SMILES string of the molecule is Cc1cc(N)ccc1N1C(=O)C2CCCCC2C1=O. The van der Waals surface area contributed by atoms with Crippen molar-refractivity contribution in [2.45, 2.75) is 32.6 Å². The standard InChI is InChI=1S/C15H18N2O2/c1-9-8-10(16)6-7-13(9)17-14(18)11-4-2-3-5-12(11)15(17)19/h6-8,11-12H,2-5,16H2,1H3. The van der Waals surface area contributed by atoms with Gasteiger partial charge in [0, 0.05) is 5.69 Å². The van der Waals surface area contributed by atoms with Crippen molar-refractivity contribution in [1.29, 1.82) is 0 Å². The maximum absolute atomic E-state index is 12.5. The first-order valence-electron chi connectivity index (χ1n) is 6.83. The van der Waals surface area contributed by atoms with Gasteiger partial charge in [0.2, 0.25) is 11.8 Å². The highest BCUT2D eigenvalue weighted by Gasteiger charge is 2.48. The molecule has 0 bridgehead atoms. The molecule has 1 heterocycles. The number of nitrogen functional groups attached to an aromatic ring is 1. The number of nitrogens with zero attached hydrogens (tertiary/aromatic N) is 1. The van der Waals surface area contributed by atoms with Crippen LogP contribution >= 0.6 is 0 Å². The molecule has 1 aromatic rings. The minimum Gasteiger partial charge on any atom is -0.399 e. The molecule has 0 radical (unpaired) electrons. The number of nitrogens with two attached hydrogens (primary N) is 1. The molecule has 4 heteroatoms. The molecular weight excluding hydrogens is 240 g/mol. The lowest BCUT2D eigenvalue weighted by molar-refractivity contribution is -0.122. The maximum Gasteiger partial charge on any atom is 0.237 e. The van der Waals surface area contributed by atoms with Gasteiger partial charge in [-0.1, -0.05) is 12.8 Å². The number of hydrogen-bond acceptors (Lipinski definition) is 3. The molecule has 2 atom stereocenters. The summed E-state index contributed by atoms with van der Waals surface area (Å²) in [4.78, 5) is 26.3. The summed E-state index contributed by atoms with van der Waals surface area (Å²) >= 11 is 0. The number of anilines is 2. The fraction of sp³-hybridized carbons (Fsp3) is 0.467. The van der Waals surface area contributed by atoms with Gasteiger partial charge in [0.05, 0.1) is 17.5 Å². The van der Waals surface area contributed by atoms with Crippen LogP contribution < -0.4 is 10.6 Å². The summed E-state index contributed by atoms with van der Waals surface area (Å²) in [7, 11) is 0. The summed E-state index contributed by atoms with van der Waals surface area (Å²) in [5.74, 6) is -0.249. The van der Waals surface area contributed by atoms with E-state index in [4.69, 9.17) is 5.73 Å². The van der Waals surface area contributed by atoms with E-state index in [-0.39, 0.29) is 23.7 Å². The second-order valence-corrected chi connectivity index (χ2v) is 5.56. The molecule has 1 aliphatic carbocycles. The molecule has 19 heavy (non-hydrogen) atoms. The third-order valence-electron chi connectivity index (χ3n) is 4.30. The molecule has 2 amide bonds. The van der Waals surface area contributed by atoms with Gasteiger partial charge in [0.1, 0.15) is 0 Å². The van der Waals surface area contributed by atoms with E-state index < -0.39 is 0 Å². The number of aryl methyl sites for hydroxylation is 1. The minimum atomic E-state index is -0.0989. The highest BCUT2D eigenvalue weighted by atomic mass is 16.2. The van der Waals surface area contributed by atoms with E-state index in [0.717, 1.165) is 31.2 Å². The molecule has 0 aromatic heterocycles. The molecule has 1 saturated heterocycles. The molecule has 3 rings (SSSR count). The Labute approximate surface area is 112 Å². The molecule has 1 aromatic carbocycles. The maximum atomic E-state index is 12.5. The molecule has 0 spiro atoms. The summed E-state index contributed by atoms with van der Waals surface area (Å²) in [5.41, 5.74) is 7.94. The Morgan fingerprint density at radius 3 is 2.21 bits per heavy atom. The highest BCUT2D eigenvalue weighted by Crippen LogP contribution is 2.40. The molecule has 4 nitrogen and oxygen atoms in total. The van der Waals surface area contributed by atoms with Crippen LogP contribution in [-0.4, -0.2) is 11.8 Å². The summed E-state index contributed by atoms with van der Waals surface area (Å²) in [5, 5.41) is 0. The molecule has 100 valence electrons. The Morgan fingerprint density at radius 2 is 1.68 bits per heavy atom. The molecule has 2 aliphatic rings. The largest absolute Gasteiger partial charge is 0.399 e. The van der Waals surface area contributed by atoms with E-state index in [2.05, 4.69) is 0 Å². The van der Waals surface area contributed by atoms with Gasteiger partial charge in [-0.15, -0.1) is 0 Å². The zero-order chi connectivity index (χ0) is 13.6. The molecule has 2 N–H and O–H groups in total. The molecule has 2 fully saturated rings. The van der Waals surface area contributed by atoms with E-state index >= 15 is 0 Å². The number of rotatable bonds is 1. The lowest BCUT2D eigenvalue weighted by Gasteiger charge is -2.19. The Balaban J connectivity index is 2.00. The Morgan fingerprint density at radius 1 is 1.11 bits per heavy atom. The average molecular weight is 258 g/mol. The normalized spacial score (nSPS) is 26.7. The van der Waals surface area contributed by atoms with Crippen LogP contribution in [-0.2, 0) is 9.59 Å². The lowest BCUT2D eigenvalue weighted by atomic mass is 9.81. The fourth-order valence-electron chi connectivity index (χ4n) is 3.33. The van der Waals surface area contributed by atoms with Gasteiger partial charge >= 0.3 is 0 Å². The van der Waals surface area contributed by atoms with Crippen LogP contribution in [0.25, 0.3) is 0 Å². The number of fused-ring (bicyclic) bond motifs is 1. The fourth-order valence-corrected chi connectivity index (χ4v) is 3.33. The highest BCUT2D eigenvalue weighted by molar-refractivity contribution is 6.22. The van der Waals surface area contributed by atoms with Gasteiger partial charge in [0.25, 0.3) is 0 Å². The number of amides is 2. The van der Waals surface area contributed by atoms with Crippen LogP contribution in [0.15, 0.2) is 18.2 Å². The monoisotopic (exact) mass is 258 g/mol. The predicted molar refractivity (Wildman–Crippen MR) is 73.5 cm³/mol. The third-order valence-corrected chi connectivity index (χ3v) is 4.30. The van der Waals surface area contributed by atoms with E-state index in [1.165, 1.54) is 4.90 Å². The van der Waals surface area contributed by atoms with Crippen LogP contribution in [0.1, 0.15) is 31.2 Å². The van der Waals surface area contributed by atoms with Crippen LogP contribution in [0.2, 0.25) is 0 Å². The van der Waals surface area contributed by atoms with Crippen LogP contribution in [0, 0.1) is 18.8 Å². The first-order valence-corrected chi connectivity index (χ1v) is 6.83. The first-order chi connectivity index (χ1) is 9.09. The number of hydrogen-bond donors (Lipinski definition) is 1. The van der Waals surface area contributed by atoms with E-state index in [1.54, 1.807) is 18.2 Å². The van der Waals surface area contributed by atoms with Gasteiger partial charge in [-0.3, -0.25) is 9.59 Å². The summed E-state index contributed by atoms with van der Waals surface area (Å²) in [6.45, 7) is 1.88. The van der Waals surface area contributed by atoms with Crippen molar-refractivity contribution >= 4 is 23.2 Å². The van der Waals surface area contributed by atoms with Crippen molar-refractivity contribution in [1.82, 2.24) is 0 Å². The lowest BCUT2D eigenvalue weighted by Crippen LogP contribution is -2.31. The quantitative estimate of drug-likeness (QED) is 0.620. The van der Waals surface area contributed by atoms with Crippen molar-refractivity contribution in [2.75, 3.05) is 10.6 Å². The number of imide groups is 1. The zero-order valence-corrected chi connectivity index (χ0v) is 11.1. The zero-order valence-electron chi connectivity index (χ0n) is 11.1.